The van der Waals surface area contributed by atoms with E-state index in [1.54, 1.807) is 40.6 Å². The third kappa shape index (κ3) is 4.52. The topological polar surface area (TPSA) is 55.1 Å². The van der Waals surface area contributed by atoms with Gasteiger partial charge in [-0.05, 0) is 78.3 Å². The average Bonchev–Trinajstić information content (AvgIpc) is 3.19. The van der Waals surface area contributed by atoms with Gasteiger partial charge in [0.1, 0.15) is 11.6 Å². The maximum Gasteiger partial charge on any atom is 0.237 e. The zero-order valence-corrected chi connectivity index (χ0v) is 19.8. The Morgan fingerprint density at radius 3 is 2.29 bits per heavy atom. The minimum Gasteiger partial charge on any atom is -0.358 e. The van der Waals surface area contributed by atoms with Crippen molar-refractivity contribution in [1.82, 2.24) is 24.6 Å². The molecule has 2 heterocycles. The second-order valence-corrected chi connectivity index (χ2v) is 8.78. The number of benzene rings is 3. The molecule has 1 aromatic heterocycles. The minimum absolute atomic E-state index is 0.0808. The summed E-state index contributed by atoms with van der Waals surface area (Å²) >= 11 is 5.80. The quantitative estimate of drug-likeness (QED) is 0.419. The predicted octanol–water partition coefficient (Wildman–Crippen LogP) is 4.48. The van der Waals surface area contributed by atoms with Crippen molar-refractivity contribution in [3.8, 4) is 17.1 Å². The van der Waals surface area contributed by atoms with Gasteiger partial charge in [-0.25, -0.2) is 13.5 Å². The molecule has 9 heteroatoms. The largest absolute Gasteiger partial charge is 0.358 e. The van der Waals surface area contributed by atoms with E-state index in [0.717, 1.165) is 11.1 Å². The molecule has 0 aliphatic carbocycles. The second kappa shape index (κ2) is 9.52. The molecular weight excluding hydrogens is 468 g/mol. The zero-order chi connectivity index (χ0) is 24.5. The first-order valence-electron chi connectivity index (χ1n) is 11.2. The Morgan fingerprint density at radius 1 is 1.00 bits per heavy atom. The van der Waals surface area contributed by atoms with Gasteiger partial charge < -0.3 is 5.32 Å². The molecule has 1 atom stereocenters. The fourth-order valence-electron chi connectivity index (χ4n) is 4.43. The van der Waals surface area contributed by atoms with Crippen molar-refractivity contribution in [2.75, 3.05) is 7.05 Å². The molecule has 1 N–H and O–H groups in total. The maximum atomic E-state index is 13.6. The summed E-state index contributed by atoms with van der Waals surface area (Å²) in [5, 5.41) is 7.53. The number of halogens is 2. The van der Waals surface area contributed by atoms with Crippen molar-refractivity contribution >= 4 is 18.1 Å². The van der Waals surface area contributed by atoms with Gasteiger partial charge >= 0.3 is 0 Å². The highest BCUT2D eigenvalue weighted by Crippen LogP contribution is 2.27. The number of carbonyl (C=O) groups excluding carboxylic acids is 1. The van der Waals surface area contributed by atoms with Crippen LogP contribution in [0.5, 0.6) is 0 Å². The van der Waals surface area contributed by atoms with Crippen LogP contribution < -0.4 is 5.32 Å². The van der Waals surface area contributed by atoms with E-state index < -0.39 is 0 Å². The van der Waals surface area contributed by atoms with Crippen LogP contribution in [0.4, 0.5) is 8.78 Å². The van der Waals surface area contributed by atoms with E-state index in [2.05, 4.69) is 11.4 Å². The first-order chi connectivity index (χ1) is 16.9. The first kappa shape index (κ1) is 23.1. The van der Waals surface area contributed by atoms with Crippen molar-refractivity contribution < 1.29 is 13.6 Å². The van der Waals surface area contributed by atoms with Gasteiger partial charge in [0.15, 0.2) is 5.82 Å². The number of likely N-dealkylation sites (N-methyl/N-ethyl adjacent to an activating group) is 1. The fraction of sp³-hybridized carbons (Fsp3) is 0.192. The SMILES string of the molecule is CNC(=O)[C@H]1Cc2ccccc2CN1Cn1nc(-c2ccc(F)cc2)n(-c2ccc(F)cc2)c1=S. The van der Waals surface area contributed by atoms with Gasteiger partial charge in [-0.2, -0.15) is 0 Å². The fourth-order valence-corrected chi connectivity index (χ4v) is 4.72. The van der Waals surface area contributed by atoms with Gasteiger partial charge in [-0.15, -0.1) is 5.10 Å². The number of carbonyl (C=O) groups is 1. The number of hydrogen-bond donors (Lipinski definition) is 1. The highest BCUT2D eigenvalue weighted by molar-refractivity contribution is 7.71. The Hall–Kier alpha value is -3.69. The molecule has 0 unspecified atom stereocenters. The van der Waals surface area contributed by atoms with Crippen LogP contribution in [0.25, 0.3) is 17.1 Å². The molecule has 0 fully saturated rings. The van der Waals surface area contributed by atoms with Gasteiger partial charge in [0.2, 0.25) is 10.7 Å². The van der Waals surface area contributed by atoms with E-state index in [1.807, 2.05) is 23.1 Å². The summed E-state index contributed by atoms with van der Waals surface area (Å²) in [7, 11) is 1.63. The van der Waals surface area contributed by atoms with Gasteiger partial charge in [0.05, 0.1) is 18.4 Å². The molecule has 0 saturated carbocycles. The maximum absolute atomic E-state index is 13.6. The zero-order valence-electron chi connectivity index (χ0n) is 19.0. The number of hydrogen-bond acceptors (Lipinski definition) is 4. The summed E-state index contributed by atoms with van der Waals surface area (Å²) in [5.41, 5.74) is 3.59. The normalized spacial score (nSPS) is 15.6. The lowest BCUT2D eigenvalue weighted by molar-refractivity contribution is -0.127. The molecule has 3 aromatic carbocycles. The monoisotopic (exact) mass is 491 g/mol. The van der Waals surface area contributed by atoms with Crippen LogP contribution >= 0.6 is 12.2 Å². The van der Waals surface area contributed by atoms with Crippen LogP contribution in [0, 0.1) is 16.4 Å². The molecule has 178 valence electrons. The van der Waals surface area contributed by atoms with Crippen molar-refractivity contribution in [3.05, 3.63) is 100 Å². The van der Waals surface area contributed by atoms with Gasteiger partial charge in [0.25, 0.3) is 0 Å². The average molecular weight is 492 g/mol. The van der Waals surface area contributed by atoms with Gasteiger partial charge in [0, 0.05) is 19.2 Å². The molecule has 0 bridgehead atoms. The molecule has 1 aliphatic rings. The van der Waals surface area contributed by atoms with E-state index in [9.17, 15) is 13.6 Å². The summed E-state index contributed by atoms with van der Waals surface area (Å²) in [6.45, 7) is 0.832. The standard InChI is InChI=1S/C26H23F2N5OS/c1-29-25(34)23-14-18-4-2-3-5-19(18)15-31(23)16-32-26(35)33(22-12-10-21(28)11-13-22)24(30-32)17-6-8-20(27)9-7-17/h2-13,23H,14-16H2,1H3,(H,29,34)/t23-/m1/s1. The number of nitrogens with zero attached hydrogens (tertiary/aromatic N) is 4. The van der Waals surface area contributed by atoms with E-state index in [1.165, 1.54) is 24.3 Å². The predicted molar refractivity (Wildman–Crippen MR) is 131 cm³/mol. The summed E-state index contributed by atoms with van der Waals surface area (Å²) in [6.07, 6.45) is 0.576. The van der Waals surface area contributed by atoms with E-state index in [0.29, 0.717) is 34.8 Å². The van der Waals surface area contributed by atoms with Crippen molar-refractivity contribution in [2.24, 2.45) is 0 Å². The van der Waals surface area contributed by atoms with Crippen LogP contribution in [-0.4, -0.2) is 38.2 Å². The molecule has 6 nitrogen and oxygen atoms in total. The Kier molecular flexibility index (Phi) is 6.27. The Morgan fingerprint density at radius 2 is 1.63 bits per heavy atom. The van der Waals surface area contributed by atoms with Crippen LogP contribution in [0.15, 0.2) is 72.8 Å². The third-order valence-corrected chi connectivity index (χ3v) is 6.63. The number of rotatable bonds is 5. The molecule has 5 rings (SSSR count). The Labute approximate surface area is 206 Å². The van der Waals surface area contributed by atoms with Gasteiger partial charge in [-0.1, -0.05) is 24.3 Å². The summed E-state index contributed by atoms with van der Waals surface area (Å²) in [5.74, 6) is -0.310. The first-order valence-corrected chi connectivity index (χ1v) is 11.6. The lowest BCUT2D eigenvalue weighted by Crippen LogP contribution is -2.50. The molecule has 0 saturated heterocycles. The number of nitrogens with one attached hydrogen (secondary N) is 1. The minimum atomic E-state index is -0.387. The number of amides is 1. The van der Waals surface area contributed by atoms with Crippen LogP contribution in [0.1, 0.15) is 11.1 Å². The molecule has 1 aliphatic heterocycles. The molecule has 0 spiro atoms. The van der Waals surface area contributed by atoms with Gasteiger partial charge in [-0.3, -0.25) is 14.3 Å². The Balaban J connectivity index is 1.58. The highest BCUT2D eigenvalue weighted by atomic mass is 32.1. The van der Waals surface area contributed by atoms with Crippen LogP contribution in [0.2, 0.25) is 0 Å². The molecule has 0 radical (unpaired) electrons. The Bertz CT molecular complexity index is 1430. The molecule has 4 aromatic rings. The lowest BCUT2D eigenvalue weighted by atomic mass is 9.94. The smallest absolute Gasteiger partial charge is 0.237 e. The van der Waals surface area contributed by atoms with E-state index >= 15 is 0 Å². The van der Waals surface area contributed by atoms with Crippen molar-refractivity contribution in [1.29, 1.82) is 0 Å². The lowest BCUT2D eigenvalue weighted by Gasteiger charge is -2.35. The van der Waals surface area contributed by atoms with Crippen LogP contribution in [-0.2, 0) is 24.4 Å². The summed E-state index contributed by atoms with van der Waals surface area (Å²) < 4.78 is 31.0. The molecular formula is C26H23F2N5OS. The number of fused-ring (bicyclic) bond motifs is 1. The molecule has 1 amide bonds. The number of aromatic nitrogens is 3. The third-order valence-electron chi connectivity index (χ3n) is 6.24. The highest BCUT2D eigenvalue weighted by Gasteiger charge is 2.31. The van der Waals surface area contributed by atoms with E-state index in [4.69, 9.17) is 17.3 Å². The van der Waals surface area contributed by atoms with Crippen molar-refractivity contribution in [2.45, 2.75) is 25.7 Å². The summed E-state index contributed by atoms with van der Waals surface area (Å²) in [4.78, 5) is 14.8. The summed E-state index contributed by atoms with van der Waals surface area (Å²) in [6, 6.07) is 19.6. The van der Waals surface area contributed by atoms with Crippen molar-refractivity contribution in [3.63, 3.8) is 0 Å². The van der Waals surface area contributed by atoms with E-state index in [-0.39, 0.29) is 30.3 Å². The second-order valence-electron chi connectivity index (χ2n) is 8.42. The molecule has 35 heavy (non-hydrogen) atoms. The van der Waals surface area contributed by atoms with Crippen LogP contribution in [0.3, 0.4) is 0 Å².